The number of hydrogen-bond donors (Lipinski definition) is 7. The van der Waals surface area contributed by atoms with Crippen molar-refractivity contribution in [2.75, 3.05) is 33.0 Å². The van der Waals surface area contributed by atoms with Gasteiger partial charge in [-0.05, 0) is 12.8 Å². The average Bonchev–Trinajstić information content (AvgIpc) is 3.30. The first-order valence-electron chi connectivity index (χ1n) is 26.6. The molecule has 0 aliphatic carbocycles. The highest BCUT2D eigenvalue weighted by molar-refractivity contribution is 5.69. The van der Waals surface area contributed by atoms with E-state index in [9.17, 15) is 40.5 Å². The molecule has 65 heavy (non-hydrogen) atoms. The SMILES string of the molecule is CCCCCCCCCCCCCCCCCCCCCCCCC(=O)OC(COCCCCCCCCCCC)COC1OC(COC2OC(CO)C(O)C(O)C2O)C(O)C(O)C1O. The number of aliphatic hydroxyl groups excluding tert-OH is 7. The number of carbonyl (C=O) groups is 1. The van der Waals surface area contributed by atoms with Gasteiger partial charge in [0.2, 0.25) is 0 Å². The second kappa shape index (κ2) is 39.8. The van der Waals surface area contributed by atoms with Gasteiger partial charge in [0.25, 0.3) is 0 Å². The number of esters is 1. The van der Waals surface area contributed by atoms with Crippen molar-refractivity contribution in [1.29, 1.82) is 0 Å². The molecule has 2 aliphatic rings. The molecular formula is C51H98O14. The van der Waals surface area contributed by atoms with Crippen molar-refractivity contribution >= 4 is 5.97 Å². The van der Waals surface area contributed by atoms with Gasteiger partial charge in [-0.3, -0.25) is 4.79 Å². The van der Waals surface area contributed by atoms with Crippen LogP contribution in [-0.4, -0.2) is 142 Å². The van der Waals surface area contributed by atoms with E-state index in [-0.39, 0.29) is 25.6 Å². The minimum Gasteiger partial charge on any atom is -0.457 e. The monoisotopic (exact) mass is 935 g/mol. The summed E-state index contributed by atoms with van der Waals surface area (Å²) in [5.74, 6) is -0.371. The number of unbranched alkanes of at least 4 members (excludes halogenated alkanes) is 29. The fourth-order valence-electron chi connectivity index (χ4n) is 8.76. The van der Waals surface area contributed by atoms with Crippen molar-refractivity contribution in [3.8, 4) is 0 Å². The Labute approximate surface area is 393 Å². The van der Waals surface area contributed by atoms with Crippen LogP contribution in [0.1, 0.15) is 219 Å². The third kappa shape index (κ3) is 27.7. The van der Waals surface area contributed by atoms with Gasteiger partial charge in [0, 0.05) is 13.0 Å². The standard InChI is InChI=1S/C51H98O14/c1-3-5-7-9-11-13-14-15-16-17-18-19-20-21-22-23-24-25-26-28-30-32-34-43(53)63-40(37-60-35-33-31-29-27-12-10-8-6-4-2)38-61-50-49(59)47(57)45(55)42(65-50)39-62-51-48(58)46(56)44(54)41(36-52)64-51/h40-42,44-52,54-59H,3-39H2,1-2H3. The van der Waals surface area contributed by atoms with Crippen LogP contribution in [0.5, 0.6) is 0 Å². The van der Waals surface area contributed by atoms with Gasteiger partial charge >= 0.3 is 5.97 Å². The van der Waals surface area contributed by atoms with E-state index in [0.717, 1.165) is 44.9 Å². The molecule has 11 unspecified atom stereocenters. The summed E-state index contributed by atoms with van der Waals surface area (Å²) in [6.45, 7) is 3.71. The number of rotatable bonds is 43. The largest absolute Gasteiger partial charge is 0.457 e. The zero-order valence-corrected chi connectivity index (χ0v) is 41.0. The highest BCUT2D eigenvalue weighted by atomic mass is 16.7. The Bertz CT molecular complexity index is 1090. The topological polar surface area (TPSA) is 214 Å². The van der Waals surface area contributed by atoms with Crippen molar-refractivity contribution in [3.63, 3.8) is 0 Å². The van der Waals surface area contributed by atoms with Crippen LogP contribution in [0.3, 0.4) is 0 Å². The minimum atomic E-state index is -1.70. The molecule has 0 amide bonds. The summed E-state index contributed by atoms with van der Waals surface area (Å²) in [7, 11) is 0. The quantitative estimate of drug-likeness (QED) is 0.0228. The van der Waals surface area contributed by atoms with Crippen molar-refractivity contribution in [2.45, 2.75) is 287 Å². The molecule has 386 valence electrons. The van der Waals surface area contributed by atoms with Crippen molar-refractivity contribution in [1.82, 2.24) is 0 Å². The fourth-order valence-corrected chi connectivity index (χ4v) is 8.76. The van der Waals surface area contributed by atoms with Gasteiger partial charge in [0.1, 0.15) is 54.9 Å². The maximum Gasteiger partial charge on any atom is 0.306 e. The van der Waals surface area contributed by atoms with Gasteiger partial charge < -0.3 is 64.2 Å². The Kier molecular flexibility index (Phi) is 36.8. The molecule has 11 atom stereocenters. The molecule has 0 aromatic rings. The molecule has 2 rings (SSSR count). The van der Waals surface area contributed by atoms with E-state index in [1.54, 1.807) is 0 Å². The molecular weight excluding hydrogens is 837 g/mol. The number of aliphatic hydroxyl groups is 7. The summed E-state index contributed by atoms with van der Waals surface area (Å²) >= 11 is 0. The zero-order chi connectivity index (χ0) is 47.3. The highest BCUT2D eigenvalue weighted by Crippen LogP contribution is 2.27. The van der Waals surface area contributed by atoms with E-state index in [1.165, 1.54) is 154 Å². The van der Waals surface area contributed by atoms with E-state index in [1.807, 2.05) is 0 Å². The van der Waals surface area contributed by atoms with Crippen molar-refractivity contribution in [3.05, 3.63) is 0 Å². The Morgan fingerprint density at radius 1 is 0.446 bits per heavy atom. The van der Waals surface area contributed by atoms with Crippen LogP contribution in [0.15, 0.2) is 0 Å². The first-order chi connectivity index (χ1) is 31.6. The van der Waals surface area contributed by atoms with Crippen LogP contribution in [0, 0.1) is 0 Å². The van der Waals surface area contributed by atoms with Gasteiger partial charge in [0.15, 0.2) is 12.6 Å². The van der Waals surface area contributed by atoms with E-state index in [4.69, 9.17) is 28.4 Å². The Morgan fingerprint density at radius 3 is 1.25 bits per heavy atom. The molecule has 0 aromatic carbocycles. The Balaban J connectivity index is 1.68. The third-order valence-corrected chi connectivity index (χ3v) is 13.1. The summed E-state index contributed by atoms with van der Waals surface area (Å²) in [4.78, 5) is 13.0. The molecule has 2 fully saturated rings. The van der Waals surface area contributed by atoms with Crippen molar-refractivity contribution in [2.24, 2.45) is 0 Å². The van der Waals surface area contributed by atoms with Crippen LogP contribution in [0.2, 0.25) is 0 Å². The molecule has 0 spiro atoms. The highest BCUT2D eigenvalue weighted by Gasteiger charge is 2.47. The molecule has 0 radical (unpaired) electrons. The lowest BCUT2D eigenvalue weighted by atomic mass is 9.98. The predicted molar refractivity (Wildman–Crippen MR) is 252 cm³/mol. The van der Waals surface area contributed by atoms with Crippen molar-refractivity contribution < 1.29 is 69.0 Å². The van der Waals surface area contributed by atoms with E-state index in [0.29, 0.717) is 6.61 Å². The lowest BCUT2D eigenvalue weighted by Gasteiger charge is -2.42. The van der Waals surface area contributed by atoms with E-state index in [2.05, 4.69) is 13.8 Å². The maximum absolute atomic E-state index is 13.0. The zero-order valence-electron chi connectivity index (χ0n) is 41.0. The summed E-state index contributed by atoms with van der Waals surface area (Å²) in [6.07, 6.45) is 23.3. The van der Waals surface area contributed by atoms with Crippen LogP contribution in [0.25, 0.3) is 0 Å². The Hall–Kier alpha value is -1.01. The first-order valence-corrected chi connectivity index (χ1v) is 26.6. The molecule has 14 nitrogen and oxygen atoms in total. The normalized spacial score (nSPS) is 26.4. The second-order valence-electron chi connectivity index (χ2n) is 19.1. The van der Waals surface area contributed by atoms with E-state index < -0.39 is 80.7 Å². The lowest BCUT2D eigenvalue weighted by molar-refractivity contribution is -0.332. The molecule has 7 N–H and O–H groups in total. The average molecular weight is 935 g/mol. The summed E-state index contributed by atoms with van der Waals surface area (Å²) in [5.41, 5.74) is 0. The Morgan fingerprint density at radius 2 is 0.815 bits per heavy atom. The first kappa shape index (κ1) is 60.1. The van der Waals surface area contributed by atoms with Crippen LogP contribution in [-0.2, 0) is 33.2 Å². The number of carbonyl (C=O) groups excluding carboxylic acids is 1. The molecule has 0 aromatic heterocycles. The predicted octanol–water partition coefficient (Wildman–Crippen LogP) is 8.08. The van der Waals surface area contributed by atoms with Crippen LogP contribution >= 0.6 is 0 Å². The molecule has 0 bridgehead atoms. The number of hydrogen-bond acceptors (Lipinski definition) is 14. The second-order valence-corrected chi connectivity index (χ2v) is 19.1. The summed E-state index contributed by atoms with van der Waals surface area (Å²) < 4.78 is 34.2. The smallest absolute Gasteiger partial charge is 0.306 e. The third-order valence-electron chi connectivity index (χ3n) is 13.1. The van der Waals surface area contributed by atoms with Crippen LogP contribution in [0.4, 0.5) is 0 Å². The van der Waals surface area contributed by atoms with Crippen LogP contribution < -0.4 is 0 Å². The summed E-state index contributed by atoms with van der Waals surface area (Å²) in [6, 6.07) is 0. The molecule has 2 saturated heterocycles. The van der Waals surface area contributed by atoms with E-state index >= 15 is 0 Å². The molecule has 2 aliphatic heterocycles. The van der Waals surface area contributed by atoms with Gasteiger partial charge in [-0.15, -0.1) is 0 Å². The molecule has 14 heteroatoms. The fraction of sp³-hybridized carbons (Fsp3) is 0.980. The lowest BCUT2D eigenvalue weighted by Crippen LogP contribution is -2.61. The summed E-state index contributed by atoms with van der Waals surface area (Å²) in [5, 5.41) is 72.0. The molecule has 2 heterocycles. The van der Waals surface area contributed by atoms with Gasteiger partial charge in [-0.2, -0.15) is 0 Å². The maximum atomic E-state index is 13.0. The van der Waals surface area contributed by atoms with Gasteiger partial charge in [-0.25, -0.2) is 0 Å². The van der Waals surface area contributed by atoms with Gasteiger partial charge in [-0.1, -0.05) is 200 Å². The molecule has 0 saturated carbocycles. The van der Waals surface area contributed by atoms with Gasteiger partial charge in [0.05, 0.1) is 26.4 Å². The number of ether oxygens (including phenoxy) is 6. The minimum absolute atomic E-state index is 0.0692.